The molecule has 23 heavy (non-hydrogen) atoms. The van der Waals surface area contributed by atoms with Gasteiger partial charge >= 0.3 is 0 Å². The molecule has 0 amide bonds. The molecule has 0 N–H and O–H groups in total. The van der Waals surface area contributed by atoms with E-state index in [2.05, 4.69) is 13.5 Å². The van der Waals surface area contributed by atoms with Crippen LogP contribution in [0.25, 0.3) is 0 Å². The number of likely N-dealkylation sites (tertiary alicyclic amines) is 1. The van der Waals surface area contributed by atoms with E-state index in [1.54, 1.807) is 6.08 Å². The van der Waals surface area contributed by atoms with Crippen molar-refractivity contribution in [3.05, 3.63) is 53.8 Å². The van der Waals surface area contributed by atoms with Crippen molar-refractivity contribution in [2.24, 2.45) is 0 Å². The van der Waals surface area contributed by atoms with Crippen molar-refractivity contribution in [1.82, 2.24) is 0 Å². The first-order valence-electron chi connectivity index (χ1n) is 8.46. The first kappa shape index (κ1) is 16.7. The Morgan fingerprint density at radius 2 is 1.96 bits per heavy atom. The van der Waals surface area contributed by atoms with Crippen LogP contribution in [0.2, 0.25) is 0 Å². The number of hydroxylamine groups is 3. The summed E-state index contributed by atoms with van der Waals surface area (Å²) in [5.41, 5.74) is 1.08. The maximum atomic E-state index is 13.8. The van der Waals surface area contributed by atoms with E-state index in [1.807, 2.05) is 44.2 Å². The summed E-state index contributed by atoms with van der Waals surface area (Å²) in [5.74, 6) is -0.660. The molecule has 0 radical (unpaired) electrons. The summed E-state index contributed by atoms with van der Waals surface area (Å²) in [6, 6.07) is 9.97. The van der Waals surface area contributed by atoms with Crippen molar-refractivity contribution in [2.45, 2.75) is 70.2 Å². The fourth-order valence-electron chi connectivity index (χ4n) is 4.03. The van der Waals surface area contributed by atoms with Gasteiger partial charge in [0.05, 0.1) is 6.04 Å². The quantitative estimate of drug-likeness (QED) is 0.482. The standard InChI is InChI=1S/C19H27NO3/c1-5-17-18(23-19(3,4)22-17)16-12-11-14(2)20(16,21)13-15-9-7-6-8-10-15/h5-10,14,16-18H,1,11-13H2,2-4H3/t14?,16?,17-,18+,20?/m1/s1. The normalized spacial score (nSPS) is 39.5. The molecular formula is C19H27NO3. The number of rotatable bonds is 4. The van der Waals surface area contributed by atoms with Crippen LogP contribution >= 0.6 is 0 Å². The lowest BCUT2D eigenvalue weighted by Crippen LogP contribution is -2.56. The summed E-state index contributed by atoms with van der Waals surface area (Å²) < 4.78 is 11.8. The Kier molecular flexibility index (Phi) is 4.36. The van der Waals surface area contributed by atoms with Crippen LogP contribution in [-0.4, -0.2) is 34.7 Å². The Labute approximate surface area is 138 Å². The fourth-order valence-corrected chi connectivity index (χ4v) is 4.03. The van der Waals surface area contributed by atoms with Crippen molar-refractivity contribution in [3.63, 3.8) is 0 Å². The Bertz CT molecular complexity index is 559. The van der Waals surface area contributed by atoms with Gasteiger partial charge in [0.15, 0.2) is 5.79 Å². The summed E-state index contributed by atoms with van der Waals surface area (Å²) in [5, 5.41) is 13.8. The van der Waals surface area contributed by atoms with Gasteiger partial charge in [-0.05, 0) is 20.8 Å². The number of nitrogens with zero attached hydrogens (tertiary/aromatic N) is 1. The van der Waals surface area contributed by atoms with Crippen LogP contribution in [0.15, 0.2) is 43.0 Å². The SMILES string of the molecule is C=C[C@H]1OC(C)(C)O[C@H]1C1CCC(C)[N+]1([O-])Cc1ccccc1. The molecule has 2 saturated heterocycles. The van der Waals surface area contributed by atoms with Crippen molar-refractivity contribution in [1.29, 1.82) is 0 Å². The zero-order valence-corrected chi connectivity index (χ0v) is 14.3. The number of quaternary nitrogens is 1. The second-order valence-corrected chi connectivity index (χ2v) is 7.29. The van der Waals surface area contributed by atoms with Crippen LogP contribution in [0.4, 0.5) is 0 Å². The molecule has 2 aliphatic rings. The largest absolute Gasteiger partial charge is 0.632 e. The number of benzene rings is 1. The second kappa shape index (κ2) is 6.02. The maximum Gasteiger partial charge on any atom is 0.164 e. The highest BCUT2D eigenvalue weighted by Crippen LogP contribution is 2.42. The molecule has 126 valence electrons. The van der Waals surface area contributed by atoms with Crippen molar-refractivity contribution in [2.75, 3.05) is 0 Å². The predicted molar refractivity (Wildman–Crippen MR) is 90.3 cm³/mol. The van der Waals surface area contributed by atoms with Crippen LogP contribution in [0, 0.1) is 5.21 Å². The Hall–Kier alpha value is -1.20. The molecule has 3 unspecified atom stereocenters. The van der Waals surface area contributed by atoms with E-state index < -0.39 is 5.79 Å². The molecule has 0 saturated carbocycles. The number of hydrogen-bond acceptors (Lipinski definition) is 3. The molecule has 1 aromatic rings. The molecule has 1 aromatic carbocycles. The monoisotopic (exact) mass is 317 g/mol. The van der Waals surface area contributed by atoms with Crippen LogP contribution in [-0.2, 0) is 16.0 Å². The molecule has 0 aliphatic carbocycles. The molecule has 2 heterocycles. The van der Waals surface area contributed by atoms with E-state index in [0.29, 0.717) is 6.54 Å². The second-order valence-electron chi connectivity index (χ2n) is 7.29. The van der Waals surface area contributed by atoms with Crippen molar-refractivity contribution in [3.8, 4) is 0 Å². The summed E-state index contributed by atoms with van der Waals surface area (Å²) in [6.45, 7) is 10.2. The topological polar surface area (TPSA) is 41.5 Å². The van der Waals surface area contributed by atoms with E-state index in [0.717, 1.165) is 18.4 Å². The Balaban J connectivity index is 1.87. The summed E-state index contributed by atoms with van der Waals surface area (Å²) in [6.07, 6.45) is 3.11. The molecule has 4 nitrogen and oxygen atoms in total. The first-order valence-corrected chi connectivity index (χ1v) is 8.46. The molecule has 0 spiro atoms. The summed E-state index contributed by atoms with van der Waals surface area (Å²) in [7, 11) is 0. The molecule has 0 bridgehead atoms. The molecule has 5 atom stereocenters. The van der Waals surface area contributed by atoms with E-state index in [-0.39, 0.29) is 28.9 Å². The van der Waals surface area contributed by atoms with Crippen LogP contribution in [0.3, 0.4) is 0 Å². The van der Waals surface area contributed by atoms with Gasteiger partial charge in [0.25, 0.3) is 0 Å². The van der Waals surface area contributed by atoms with Gasteiger partial charge in [-0.15, -0.1) is 6.58 Å². The minimum atomic E-state index is -0.660. The smallest absolute Gasteiger partial charge is 0.164 e. The lowest BCUT2D eigenvalue weighted by molar-refractivity contribution is -0.930. The van der Waals surface area contributed by atoms with Gasteiger partial charge < -0.3 is 19.3 Å². The van der Waals surface area contributed by atoms with Gasteiger partial charge in [0, 0.05) is 18.4 Å². The minimum Gasteiger partial charge on any atom is -0.632 e. The highest BCUT2D eigenvalue weighted by Gasteiger charge is 2.53. The van der Waals surface area contributed by atoms with Gasteiger partial charge in [-0.1, -0.05) is 36.4 Å². The van der Waals surface area contributed by atoms with Crippen molar-refractivity contribution < 1.29 is 14.1 Å². The zero-order valence-electron chi connectivity index (χ0n) is 14.3. The van der Waals surface area contributed by atoms with Gasteiger partial charge in [-0.25, -0.2) is 0 Å². The average Bonchev–Trinajstić information content (AvgIpc) is 2.97. The minimum absolute atomic E-state index is 0.0676. The van der Waals surface area contributed by atoms with Crippen molar-refractivity contribution >= 4 is 0 Å². The van der Waals surface area contributed by atoms with E-state index in [4.69, 9.17) is 9.47 Å². The molecular weight excluding hydrogens is 290 g/mol. The molecule has 2 aliphatic heterocycles. The predicted octanol–water partition coefficient (Wildman–Crippen LogP) is 3.76. The van der Waals surface area contributed by atoms with Gasteiger partial charge in [-0.2, -0.15) is 0 Å². The fraction of sp³-hybridized carbons (Fsp3) is 0.579. The van der Waals surface area contributed by atoms with E-state index in [9.17, 15) is 5.21 Å². The third kappa shape index (κ3) is 3.09. The van der Waals surface area contributed by atoms with E-state index in [1.165, 1.54) is 0 Å². The van der Waals surface area contributed by atoms with Crippen LogP contribution in [0.1, 0.15) is 39.2 Å². The lowest BCUT2D eigenvalue weighted by Gasteiger charge is -2.49. The molecule has 0 aromatic heterocycles. The maximum absolute atomic E-state index is 13.8. The lowest BCUT2D eigenvalue weighted by atomic mass is 10.0. The highest BCUT2D eigenvalue weighted by molar-refractivity contribution is 5.14. The van der Waals surface area contributed by atoms with Gasteiger partial charge in [0.2, 0.25) is 0 Å². The third-order valence-electron chi connectivity index (χ3n) is 5.24. The molecule has 2 fully saturated rings. The van der Waals surface area contributed by atoms with Gasteiger partial charge in [0.1, 0.15) is 24.8 Å². The average molecular weight is 317 g/mol. The van der Waals surface area contributed by atoms with E-state index >= 15 is 0 Å². The van der Waals surface area contributed by atoms with Crippen LogP contribution < -0.4 is 0 Å². The Morgan fingerprint density at radius 3 is 2.61 bits per heavy atom. The summed E-state index contributed by atoms with van der Waals surface area (Å²) in [4.78, 5) is 0. The summed E-state index contributed by atoms with van der Waals surface area (Å²) >= 11 is 0. The van der Waals surface area contributed by atoms with Crippen LogP contribution in [0.5, 0.6) is 0 Å². The number of ether oxygens (including phenoxy) is 2. The zero-order chi connectivity index (χ0) is 16.7. The molecule has 4 heteroatoms. The molecule has 3 rings (SSSR count). The van der Waals surface area contributed by atoms with Gasteiger partial charge in [-0.3, -0.25) is 0 Å². The first-order chi connectivity index (χ1) is 10.9. The third-order valence-corrected chi connectivity index (χ3v) is 5.24. The number of hydrogen-bond donors (Lipinski definition) is 0. The Morgan fingerprint density at radius 1 is 1.26 bits per heavy atom. The highest BCUT2D eigenvalue weighted by atomic mass is 16.8.